The first-order chi connectivity index (χ1) is 37.0. The molecule has 0 radical (unpaired) electrons. The first kappa shape index (κ1) is 72.4. The summed E-state index contributed by atoms with van der Waals surface area (Å²) in [5.41, 5.74) is 0. The van der Waals surface area contributed by atoms with Gasteiger partial charge in [-0.2, -0.15) is 0 Å². The fourth-order valence-corrected chi connectivity index (χ4v) is 9.91. The lowest BCUT2D eigenvalue weighted by atomic mass is 10.0. The summed E-state index contributed by atoms with van der Waals surface area (Å²) in [5, 5.41) is 0. The fraction of sp³-hybridized carbons (Fsp3) is 0.841. The molecular formula is C69H126O6. The van der Waals surface area contributed by atoms with E-state index >= 15 is 0 Å². The molecule has 1 atom stereocenters. The van der Waals surface area contributed by atoms with E-state index in [2.05, 4.69) is 69.4 Å². The van der Waals surface area contributed by atoms with Crippen molar-refractivity contribution in [1.29, 1.82) is 0 Å². The van der Waals surface area contributed by atoms with Crippen molar-refractivity contribution in [2.75, 3.05) is 13.2 Å². The normalized spacial score (nSPS) is 12.3. The van der Waals surface area contributed by atoms with Crippen molar-refractivity contribution in [2.24, 2.45) is 0 Å². The standard InChI is InChI=1S/C69H126O6/c1-4-7-10-13-16-19-22-24-26-28-30-32-34-35-36-38-39-41-43-45-47-50-53-56-59-62-68(71)74-65-66(64-73-67(70)61-58-55-52-49-21-18-15-12-9-6-3)75-69(72)63-60-57-54-51-48-46-44-42-40-37-33-31-29-27-25-23-20-17-14-11-8-5-2/h7,10,16,19,24,26,30,32,66H,4-6,8-9,11-15,17-18,20-23,25,27-29,31,33-65H2,1-3H3/b10-7-,19-16-,26-24-,32-30-. The van der Waals surface area contributed by atoms with Crippen molar-refractivity contribution in [3.05, 3.63) is 48.6 Å². The molecule has 0 aliphatic carbocycles. The molecule has 0 aromatic heterocycles. The molecule has 1 unspecified atom stereocenters. The molecule has 0 aromatic carbocycles. The third-order valence-electron chi connectivity index (χ3n) is 14.8. The Balaban J connectivity index is 4.18. The van der Waals surface area contributed by atoms with Crippen molar-refractivity contribution in [2.45, 2.75) is 361 Å². The number of carbonyl (C=O) groups is 3. The molecule has 0 aliphatic heterocycles. The predicted octanol–water partition coefficient (Wildman–Crippen LogP) is 22.6. The van der Waals surface area contributed by atoms with Crippen molar-refractivity contribution < 1.29 is 28.6 Å². The zero-order valence-electron chi connectivity index (χ0n) is 50.3. The fourth-order valence-electron chi connectivity index (χ4n) is 9.91. The topological polar surface area (TPSA) is 78.9 Å². The van der Waals surface area contributed by atoms with E-state index in [0.29, 0.717) is 19.3 Å². The van der Waals surface area contributed by atoms with Crippen LogP contribution < -0.4 is 0 Å². The predicted molar refractivity (Wildman–Crippen MR) is 325 cm³/mol. The Morgan fingerprint density at radius 1 is 0.280 bits per heavy atom. The van der Waals surface area contributed by atoms with Gasteiger partial charge in [-0.25, -0.2) is 0 Å². The first-order valence-corrected chi connectivity index (χ1v) is 33.1. The summed E-state index contributed by atoms with van der Waals surface area (Å²) in [7, 11) is 0. The van der Waals surface area contributed by atoms with Gasteiger partial charge < -0.3 is 14.2 Å². The summed E-state index contributed by atoms with van der Waals surface area (Å²) in [6, 6.07) is 0. The number of allylic oxidation sites excluding steroid dienone is 8. The van der Waals surface area contributed by atoms with Gasteiger partial charge in [0.1, 0.15) is 13.2 Å². The minimum absolute atomic E-state index is 0.0678. The molecule has 0 N–H and O–H groups in total. The highest BCUT2D eigenvalue weighted by Gasteiger charge is 2.19. The molecule has 0 spiro atoms. The van der Waals surface area contributed by atoms with Crippen LogP contribution in [0.25, 0.3) is 0 Å². The van der Waals surface area contributed by atoms with Crippen LogP contribution in [0.3, 0.4) is 0 Å². The molecule has 0 aliphatic rings. The Kier molecular flexibility index (Phi) is 61.7. The molecule has 438 valence electrons. The zero-order chi connectivity index (χ0) is 54.3. The van der Waals surface area contributed by atoms with Crippen LogP contribution in [-0.4, -0.2) is 37.2 Å². The molecule has 6 heteroatoms. The van der Waals surface area contributed by atoms with Gasteiger partial charge in [0.15, 0.2) is 6.10 Å². The summed E-state index contributed by atoms with van der Waals surface area (Å²) in [4.78, 5) is 38.3. The van der Waals surface area contributed by atoms with Gasteiger partial charge in [0.25, 0.3) is 0 Å². The van der Waals surface area contributed by atoms with E-state index in [1.807, 2.05) is 0 Å². The second-order valence-electron chi connectivity index (χ2n) is 22.4. The van der Waals surface area contributed by atoms with Gasteiger partial charge in [0.2, 0.25) is 0 Å². The van der Waals surface area contributed by atoms with Gasteiger partial charge in [0, 0.05) is 19.3 Å². The van der Waals surface area contributed by atoms with Crippen molar-refractivity contribution in [3.8, 4) is 0 Å². The highest BCUT2D eigenvalue weighted by atomic mass is 16.6. The first-order valence-electron chi connectivity index (χ1n) is 33.1. The smallest absolute Gasteiger partial charge is 0.306 e. The Hall–Kier alpha value is -2.63. The number of unbranched alkanes of at least 4 members (excludes halogenated alkanes) is 42. The molecule has 75 heavy (non-hydrogen) atoms. The quantitative estimate of drug-likeness (QED) is 0.0261. The minimum atomic E-state index is -0.770. The Labute approximate surface area is 467 Å². The zero-order valence-corrected chi connectivity index (χ0v) is 50.3. The van der Waals surface area contributed by atoms with Crippen molar-refractivity contribution >= 4 is 17.9 Å². The van der Waals surface area contributed by atoms with Crippen LogP contribution in [0.4, 0.5) is 0 Å². The molecule has 0 aromatic rings. The van der Waals surface area contributed by atoms with Crippen molar-refractivity contribution in [1.82, 2.24) is 0 Å². The highest BCUT2D eigenvalue weighted by Crippen LogP contribution is 2.18. The molecule has 6 nitrogen and oxygen atoms in total. The Morgan fingerprint density at radius 2 is 0.520 bits per heavy atom. The molecule has 0 saturated carbocycles. The van der Waals surface area contributed by atoms with E-state index in [9.17, 15) is 14.4 Å². The number of carbonyl (C=O) groups excluding carboxylic acids is 3. The van der Waals surface area contributed by atoms with E-state index < -0.39 is 6.10 Å². The van der Waals surface area contributed by atoms with E-state index in [4.69, 9.17) is 14.2 Å². The second-order valence-corrected chi connectivity index (χ2v) is 22.4. The van der Waals surface area contributed by atoms with E-state index in [1.165, 1.54) is 231 Å². The lowest BCUT2D eigenvalue weighted by Crippen LogP contribution is -2.30. The Morgan fingerprint density at radius 3 is 0.813 bits per heavy atom. The third kappa shape index (κ3) is 62.1. The molecule has 0 heterocycles. The average Bonchev–Trinajstić information content (AvgIpc) is 3.41. The number of ether oxygens (including phenoxy) is 3. The molecular weight excluding hydrogens is 925 g/mol. The van der Waals surface area contributed by atoms with Crippen molar-refractivity contribution in [3.63, 3.8) is 0 Å². The summed E-state index contributed by atoms with van der Waals surface area (Å²) < 4.78 is 16.9. The molecule has 0 bridgehead atoms. The number of hydrogen-bond acceptors (Lipinski definition) is 6. The van der Waals surface area contributed by atoms with Crippen LogP contribution in [0, 0.1) is 0 Å². The Bertz CT molecular complexity index is 1300. The number of rotatable bonds is 61. The maximum atomic E-state index is 12.9. The third-order valence-corrected chi connectivity index (χ3v) is 14.8. The summed E-state index contributed by atoms with van der Waals surface area (Å²) in [6.45, 7) is 6.58. The maximum Gasteiger partial charge on any atom is 0.306 e. The molecule has 0 fully saturated rings. The number of hydrogen-bond donors (Lipinski definition) is 0. The van der Waals surface area contributed by atoms with Gasteiger partial charge in [-0.15, -0.1) is 0 Å². The minimum Gasteiger partial charge on any atom is -0.462 e. The van der Waals surface area contributed by atoms with Gasteiger partial charge in [-0.3, -0.25) is 14.4 Å². The van der Waals surface area contributed by atoms with Crippen LogP contribution in [0.5, 0.6) is 0 Å². The highest BCUT2D eigenvalue weighted by molar-refractivity contribution is 5.71. The lowest BCUT2D eigenvalue weighted by Gasteiger charge is -2.18. The van der Waals surface area contributed by atoms with Gasteiger partial charge in [0.05, 0.1) is 0 Å². The molecule has 0 saturated heterocycles. The van der Waals surface area contributed by atoms with Gasteiger partial charge >= 0.3 is 17.9 Å². The van der Waals surface area contributed by atoms with Gasteiger partial charge in [-0.1, -0.05) is 326 Å². The SMILES string of the molecule is CC/C=C\C/C=C\C/C=C\C/C=C\CCCCCCCCCCCCCCC(=O)OCC(COC(=O)CCCCCCCCCCCC)OC(=O)CCCCCCCCCCCCCCCCCCCCCCCC. The second kappa shape index (κ2) is 63.9. The van der Waals surface area contributed by atoms with Crippen LogP contribution in [0.2, 0.25) is 0 Å². The summed E-state index contributed by atoms with van der Waals surface area (Å²) in [5.74, 6) is -0.847. The lowest BCUT2D eigenvalue weighted by molar-refractivity contribution is -0.167. The summed E-state index contributed by atoms with van der Waals surface area (Å²) >= 11 is 0. The van der Waals surface area contributed by atoms with E-state index in [0.717, 1.165) is 83.5 Å². The monoisotopic (exact) mass is 1050 g/mol. The maximum absolute atomic E-state index is 12.9. The van der Waals surface area contributed by atoms with E-state index in [-0.39, 0.29) is 31.1 Å². The van der Waals surface area contributed by atoms with Crippen LogP contribution in [0.1, 0.15) is 355 Å². The van der Waals surface area contributed by atoms with Crippen LogP contribution in [0.15, 0.2) is 48.6 Å². The van der Waals surface area contributed by atoms with Crippen LogP contribution >= 0.6 is 0 Å². The van der Waals surface area contributed by atoms with E-state index in [1.54, 1.807) is 0 Å². The largest absolute Gasteiger partial charge is 0.462 e. The molecule has 0 rings (SSSR count). The molecule has 0 amide bonds. The number of esters is 3. The van der Waals surface area contributed by atoms with Gasteiger partial charge in [-0.05, 0) is 57.8 Å². The average molecular weight is 1050 g/mol. The van der Waals surface area contributed by atoms with Crippen LogP contribution in [-0.2, 0) is 28.6 Å². The summed E-state index contributed by atoms with van der Waals surface area (Å²) in [6.07, 6.45) is 79.9.